The van der Waals surface area contributed by atoms with Crippen LogP contribution in [0.15, 0.2) is 30.3 Å². The molecule has 0 aliphatic rings. The third-order valence-corrected chi connectivity index (χ3v) is 3.30. The summed E-state index contributed by atoms with van der Waals surface area (Å²) in [5.74, 6) is -1.28. The first-order valence-electron chi connectivity index (χ1n) is 7.68. The van der Waals surface area contributed by atoms with E-state index >= 15 is 0 Å². The largest absolute Gasteiger partial charge is 0.466 e. The molecule has 0 aliphatic carbocycles. The van der Waals surface area contributed by atoms with E-state index in [-0.39, 0.29) is 24.3 Å². The summed E-state index contributed by atoms with van der Waals surface area (Å²) in [5, 5.41) is 0. The van der Waals surface area contributed by atoms with Gasteiger partial charge in [0.25, 0.3) is 0 Å². The Bertz CT molecular complexity index is 488. The average molecular weight is 306 g/mol. The fraction of sp³-hybridized carbons (Fsp3) is 0.556. The predicted octanol–water partition coefficient (Wildman–Crippen LogP) is 3.70. The molecule has 0 saturated heterocycles. The van der Waals surface area contributed by atoms with Gasteiger partial charge in [0.05, 0.1) is 18.9 Å². The summed E-state index contributed by atoms with van der Waals surface area (Å²) in [5.41, 5.74) is 0.394. The molecule has 122 valence electrons. The van der Waals surface area contributed by atoms with E-state index in [9.17, 15) is 9.59 Å². The van der Waals surface area contributed by atoms with Crippen molar-refractivity contribution in [1.29, 1.82) is 0 Å². The summed E-state index contributed by atoms with van der Waals surface area (Å²) in [4.78, 5) is 24.2. The molecule has 1 rings (SSSR count). The SMILES string of the molecule is CCOC(=O)C[C@H](c1ccccc1)[C@@H](C)C(=O)OC(C)(C)C. The van der Waals surface area contributed by atoms with Gasteiger partial charge in [-0.25, -0.2) is 0 Å². The van der Waals surface area contributed by atoms with Crippen molar-refractivity contribution in [2.24, 2.45) is 5.92 Å². The van der Waals surface area contributed by atoms with Crippen molar-refractivity contribution < 1.29 is 19.1 Å². The highest BCUT2D eigenvalue weighted by Crippen LogP contribution is 2.30. The molecule has 2 atom stereocenters. The second kappa shape index (κ2) is 7.97. The van der Waals surface area contributed by atoms with Gasteiger partial charge >= 0.3 is 11.9 Å². The number of benzene rings is 1. The van der Waals surface area contributed by atoms with Crippen LogP contribution in [0.5, 0.6) is 0 Å². The highest BCUT2D eigenvalue weighted by molar-refractivity contribution is 5.76. The zero-order valence-corrected chi connectivity index (χ0v) is 14.1. The summed E-state index contributed by atoms with van der Waals surface area (Å²) in [7, 11) is 0. The third kappa shape index (κ3) is 5.88. The smallest absolute Gasteiger partial charge is 0.309 e. The number of rotatable bonds is 6. The predicted molar refractivity (Wildman–Crippen MR) is 85.4 cm³/mol. The maximum atomic E-state index is 12.3. The molecule has 0 amide bonds. The molecular weight excluding hydrogens is 280 g/mol. The van der Waals surface area contributed by atoms with Gasteiger partial charge in [0, 0.05) is 5.92 Å². The fourth-order valence-electron chi connectivity index (χ4n) is 2.24. The number of carbonyl (C=O) groups excluding carboxylic acids is 2. The molecule has 0 saturated carbocycles. The van der Waals surface area contributed by atoms with E-state index in [1.165, 1.54) is 0 Å². The molecule has 0 unspecified atom stereocenters. The molecule has 0 aliphatic heterocycles. The van der Waals surface area contributed by atoms with Crippen LogP contribution in [0.2, 0.25) is 0 Å². The molecule has 0 aromatic heterocycles. The van der Waals surface area contributed by atoms with E-state index in [2.05, 4.69) is 0 Å². The zero-order chi connectivity index (χ0) is 16.8. The van der Waals surface area contributed by atoms with Gasteiger partial charge in [-0.1, -0.05) is 37.3 Å². The first kappa shape index (κ1) is 18.2. The topological polar surface area (TPSA) is 52.6 Å². The van der Waals surface area contributed by atoms with Crippen molar-refractivity contribution in [3.63, 3.8) is 0 Å². The van der Waals surface area contributed by atoms with Gasteiger partial charge in [-0.3, -0.25) is 9.59 Å². The Kier molecular flexibility index (Phi) is 6.60. The Morgan fingerprint density at radius 1 is 1.14 bits per heavy atom. The van der Waals surface area contributed by atoms with E-state index in [1.54, 1.807) is 13.8 Å². The summed E-state index contributed by atoms with van der Waals surface area (Å²) in [6, 6.07) is 9.54. The van der Waals surface area contributed by atoms with Gasteiger partial charge in [0.15, 0.2) is 0 Å². The molecule has 0 fully saturated rings. The Morgan fingerprint density at radius 3 is 2.23 bits per heavy atom. The molecule has 0 spiro atoms. The van der Waals surface area contributed by atoms with Crippen molar-refractivity contribution in [2.45, 2.75) is 52.6 Å². The highest BCUT2D eigenvalue weighted by atomic mass is 16.6. The van der Waals surface area contributed by atoms with Crippen LogP contribution < -0.4 is 0 Å². The molecular formula is C18H26O4. The van der Waals surface area contributed by atoms with Crippen LogP contribution in [-0.4, -0.2) is 24.1 Å². The van der Waals surface area contributed by atoms with Crippen molar-refractivity contribution >= 4 is 11.9 Å². The Labute approximate surface area is 132 Å². The fourth-order valence-corrected chi connectivity index (χ4v) is 2.24. The zero-order valence-electron chi connectivity index (χ0n) is 14.1. The van der Waals surface area contributed by atoms with Crippen LogP contribution in [0, 0.1) is 5.92 Å². The average Bonchev–Trinajstić information content (AvgIpc) is 2.43. The van der Waals surface area contributed by atoms with Gasteiger partial charge in [-0.2, -0.15) is 0 Å². The summed E-state index contributed by atoms with van der Waals surface area (Å²) in [6.45, 7) is 9.40. The van der Waals surface area contributed by atoms with Crippen molar-refractivity contribution in [3.8, 4) is 0 Å². The summed E-state index contributed by atoms with van der Waals surface area (Å²) >= 11 is 0. The van der Waals surface area contributed by atoms with Crippen LogP contribution in [0.25, 0.3) is 0 Å². The van der Waals surface area contributed by atoms with Crippen LogP contribution in [0.3, 0.4) is 0 Å². The normalized spacial score (nSPS) is 14.0. The van der Waals surface area contributed by atoms with Crippen LogP contribution in [-0.2, 0) is 19.1 Å². The molecule has 0 heterocycles. The monoisotopic (exact) mass is 306 g/mol. The molecule has 4 heteroatoms. The maximum absolute atomic E-state index is 12.3. The van der Waals surface area contributed by atoms with E-state index in [0.29, 0.717) is 6.61 Å². The minimum absolute atomic E-state index is 0.165. The van der Waals surface area contributed by atoms with Crippen LogP contribution in [0.1, 0.15) is 52.5 Å². The van der Waals surface area contributed by atoms with Gasteiger partial charge in [-0.05, 0) is 33.3 Å². The van der Waals surface area contributed by atoms with E-state index < -0.39 is 11.5 Å². The second-order valence-corrected chi connectivity index (χ2v) is 6.35. The Hall–Kier alpha value is -1.84. The van der Waals surface area contributed by atoms with Crippen LogP contribution in [0.4, 0.5) is 0 Å². The number of esters is 2. The van der Waals surface area contributed by atoms with Gasteiger partial charge < -0.3 is 9.47 Å². The van der Waals surface area contributed by atoms with Gasteiger partial charge in [0.1, 0.15) is 5.60 Å². The minimum Gasteiger partial charge on any atom is -0.466 e. The first-order valence-corrected chi connectivity index (χ1v) is 7.68. The Balaban J connectivity index is 2.94. The lowest BCUT2D eigenvalue weighted by atomic mass is 9.84. The lowest BCUT2D eigenvalue weighted by Gasteiger charge is -2.27. The number of carbonyl (C=O) groups is 2. The van der Waals surface area contributed by atoms with E-state index in [1.807, 2.05) is 51.1 Å². The molecule has 1 aromatic rings. The molecule has 22 heavy (non-hydrogen) atoms. The summed E-state index contributed by atoms with van der Waals surface area (Å²) in [6.07, 6.45) is 0.165. The Morgan fingerprint density at radius 2 is 1.73 bits per heavy atom. The number of ether oxygens (including phenoxy) is 2. The van der Waals surface area contributed by atoms with Crippen LogP contribution >= 0.6 is 0 Å². The lowest BCUT2D eigenvalue weighted by molar-refractivity contribution is -0.160. The van der Waals surface area contributed by atoms with Gasteiger partial charge in [-0.15, -0.1) is 0 Å². The maximum Gasteiger partial charge on any atom is 0.309 e. The quantitative estimate of drug-likeness (QED) is 0.752. The molecule has 0 bridgehead atoms. The van der Waals surface area contributed by atoms with Crippen molar-refractivity contribution in [1.82, 2.24) is 0 Å². The second-order valence-electron chi connectivity index (χ2n) is 6.35. The molecule has 1 aromatic carbocycles. The summed E-state index contributed by atoms with van der Waals surface area (Å²) < 4.78 is 10.5. The molecule has 0 radical (unpaired) electrons. The number of hydrogen-bond donors (Lipinski definition) is 0. The third-order valence-electron chi connectivity index (χ3n) is 3.30. The van der Waals surface area contributed by atoms with E-state index in [0.717, 1.165) is 5.56 Å². The number of hydrogen-bond acceptors (Lipinski definition) is 4. The lowest BCUT2D eigenvalue weighted by Crippen LogP contribution is -2.31. The standard InChI is InChI=1S/C18H26O4/c1-6-21-16(19)12-15(14-10-8-7-9-11-14)13(2)17(20)22-18(3,4)5/h7-11,13,15H,6,12H2,1-5H3/t13-,15+/m1/s1. The molecule has 4 nitrogen and oxygen atoms in total. The van der Waals surface area contributed by atoms with Gasteiger partial charge in [0.2, 0.25) is 0 Å². The highest BCUT2D eigenvalue weighted by Gasteiger charge is 2.31. The molecule has 0 N–H and O–H groups in total. The minimum atomic E-state index is -0.545. The van der Waals surface area contributed by atoms with E-state index in [4.69, 9.17) is 9.47 Å². The van der Waals surface area contributed by atoms with Crippen molar-refractivity contribution in [3.05, 3.63) is 35.9 Å². The first-order chi connectivity index (χ1) is 10.2. The van der Waals surface area contributed by atoms with Crippen molar-refractivity contribution in [2.75, 3.05) is 6.61 Å².